The Balaban J connectivity index is 1.97. The molecule has 1 saturated carbocycles. The topological polar surface area (TPSA) is 58.2 Å². The molecule has 40 heavy (non-hydrogen) atoms. The molecule has 0 aromatic heterocycles. The summed E-state index contributed by atoms with van der Waals surface area (Å²) >= 11 is 17.3. The standard InChI is InChI=1S/C24H16Cl3F9N2O2/c25-15-6-11(7-16(26)19(15)27)13(23(31,32)33)8-17(28)10-1-2-12(14(5-10)24(34,35)36)20(39)38-22(3-4-22)21(40)37-9-18(29)30/h1-2,5-8,13,18H,3-4,9H2,(H,37,40)(H,38,39)/b17-8-. The Morgan fingerprint density at radius 2 is 1.55 bits per heavy atom. The molecule has 1 unspecified atom stereocenters. The highest BCUT2D eigenvalue weighted by Crippen LogP contribution is 2.43. The first-order chi connectivity index (χ1) is 18.4. The Morgan fingerprint density at radius 1 is 0.975 bits per heavy atom. The fourth-order valence-electron chi connectivity index (χ4n) is 3.66. The van der Waals surface area contributed by atoms with E-state index in [4.69, 9.17) is 34.8 Å². The van der Waals surface area contributed by atoms with Gasteiger partial charge in [-0.05, 0) is 48.7 Å². The Kier molecular flexibility index (Phi) is 9.32. The van der Waals surface area contributed by atoms with Crippen molar-refractivity contribution in [1.29, 1.82) is 0 Å². The molecule has 0 aliphatic heterocycles. The molecule has 4 nitrogen and oxygen atoms in total. The summed E-state index contributed by atoms with van der Waals surface area (Å²) in [6.07, 6.45) is -13.4. The molecular weight excluding hydrogens is 626 g/mol. The molecular formula is C24H16Cl3F9N2O2. The van der Waals surface area contributed by atoms with Crippen molar-refractivity contribution in [3.8, 4) is 0 Å². The average Bonchev–Trinajstić information content (AvgIpc) is 3.62. The molecule has 0 bridgehead atoms. The fraction of sp³-hybridized carbons (Fsp3) is 0.333. The maximum absolute atomic E-state index is 15.0. The molecule has 0 spiro atoms. The first-order valence-corrected chi connectivity index (χ1v) is 12.2. The molecule has 2 N–H and O–H groups in total. The maximum Gasteiger partial charge on any atom is 0.417 e. The SMILES string of the molecule is O=C(NC1(C(=O)NCC(F)F)CC1)c1ccc(/C(F)=C/C(c2cc(Cl)c(Cl)c(Cl)c2)C(F)(F)F)cc1C(F)(F)F. The van der Waals surface area contributed by atoms with Crippen LogP contribution in [0.5, 0.6) is 0 Å². The van der Waals surface area contributed by atoms with E-state index in [-0.39, 0.29) is 40.1 Å². The second-order valence-electron chi connectivity index (χ2n) is 8.73. The Hall–Kier alpha value is -2.64. The number of carbonyl (C=O) groups is 2. The summed E-state index contributed by atoms with van der Waals surface area (Å²) in [6, 6.07) is 2.84. The van der Waals surface area contributed by atoms with E-state index in [1.807, 2.05) is 5.32 Å². The van der Waals surface area contributed by atoms with Gasteiger partial charge in [0.05, 0.1) is 32.7 Å². The van der Waals surface area contributed by atoms with E-state index in [2.05, 4.69) is 5.32 Å². The van der Waals surface area contributed by atoms with Crippen LogP contribution < -0.4 is 10.6 Å². The highest BCUT2D eigenvalue weighted by Gasteiger charge is 2.52. The van der Waals surface area contributed by atoms with Crippen LogP contribution in [-0.2, 0) is 11.0 Å². The summed E-state index contributed by atoms with van der Waals surface area (Å²) in [5, 5.41) is 2.92. The smallest absolute Gasteiger partial charge is 0.348 e. The number of benzene rings is 2. The zero-order valence-electron chi connectivity index (χ0n) is 19.6. The van der Waals surface area contributed by atoms with Gasteiger partial charge in [0.1, 0.15) is 17.3 Å². The van der Waals surface area contributed by atoms with Crippen molar-refractivity contribution >= 4 is 52.4 Å². The summed E-state index contributed by atoms with van der Waals surface area (Å²) in [5.41, 5.74) is -6.08. The quantitative estimate of drug-likeness (QED) is 0.227. The van der Waals surface area contributed by atoms with Gasteiger partial charge in [-0.3, -0.25) is 9.59 Å². The van der Waals surface area contributed by atoms with Crippen LogP contribution in [0.25, 0.3) is 5.83 Å². The second-order valence-corrected chi connectivity index (χ2v) is 9.92. The Morgan fingerprint density at radius 3 is 2.02 bits per heavy atom. The molecule has 0 saturated heterocycles. The molecule has 218 valence electrons. The number of alkyl halides is 8. The average molecular weight is 642 g/mol. The van der Waals surface area contributed by atoms with Crippen LogP contribution in [0, 0.1) is 0 Å². The van der Waals surface area contributed by atoms with Crippen LogP contribution in [0.1, 0.15) is 45.8 Å². The summed E-state index contributed by atoms with van der Waals surface area (Å²) in [4.78, 5) is 24.8. The predicted molar refractivity (Wildman–Crippen MR) is 129 cm³/mol. The van der Waals surface area contributed by atoms with Crippen molar-refractivity contribution in [1.82, 2.24) is 10.6 Å². The van der Waals surface area contributed by atoms with E-state index in [1.165, 1.54) is 0 Å². The molecule has 2 aromatic carbocycles. The largest absolute Gasteiger partial charge is 0.417 e. The number of nitrogens with one attached hydrogen (secondary N) is 2. The van der Waals surface area contributed by atoms with Crippen molar-refractivity contribution in [3.63, 3.8) is 0 Å². The highest BCUT2D eigenvalue weighted by atomic mass is 35.5. The van der Waals surface area contributed by atoms with Gasteiger partial charge in [-0.15, -0.1) is 0 Å². The molecule has 1 atom stereocenters. The van der Waals surface area contributed by atoms with Crippen molar-refractivity contribution in [2.45, 2.75) is 43.1 Å². The molecule has 2 aromatic rings. The van der Waals surface area contributed by atoms with Crippen LogP contribution in [0.2, 0.25) is 15.1 Å². The van der Waals surface area contributed by atoms with Gasteiger partial charge in [0.25, 0.3) is 12.3 Å². The molecule has 2 amide bonds. The van der Waals surface area contributed by atoms with Gasteiger partial charge >= 0.3 is 12.4 Å². The lowest BCUT2D eigenvalue weighted by molar-refractivity contribution is -0.140. The van der Waals surface area contributed by atoms with Gasteiger partial charge in [-0.1, -0.05) is 40.9 Å². The van der Waals surface area contributed by atoms with Gasteiger partial charge in [-0.25, -0.2) is 13.2 Å². The second kappa shape index (κ2) is 11.7. The number of rotatable bonds is 8. The lowest BCUT2D eigenvalue weighted by Gasteiger charge is -2.20. The van der Waals surface area contributed by atoms with E-state index >= 15 is 4.39 Å². The number of carbonyl (C=O) groups excluding carboxylic acids is 2. The maximum atomic E-state index is 15.0. The molecule has 0 heterocycles. The third-order valence-corrected chi connectivity index (χ3v) is 7.03. The Bertz CT molecular complexity index is 1320. The molecule has 1 aliphatic carbocycles. The van der Waals surface area contributed by atoms with Crippen LogP contribution in [0.15, 0.2) is 36.4 Å². The Labute approximate surface area is 235 Å². The van der Waals surface area contributed by atoms with Crippen LogP contribution in [-0.4, -0.2) is 36.5 Å². The zero-order valence-corrected chi connectivity index (χ0v) is 21.9. The summed E-state index contributed by atoms with van der Waals surface area (Å²) < 4.78 is 122. The van der Waals surface area contributed by atoms with E-state index in [0.29, 0.717) is 12.1 Å². The highest BCUT2D eigenvalue weighted by molar-refractivity contribution is 6.48. The fourth-order valence-corrected chi connectivity index (χ4v) is 4.27. The number of halogens is 12. The molecule has 1 fully saturated rings. The number of allylic oxidation sites excluding steroid dienone is 1. The van der Waals surface area contributed by atoms with Gasteiger partial charge < -0.3 is 10.6 Å². The van der Waals surface area contributed by atoms with Crippen molar-refractivity contribution in [2.75, 3.05) is 6.54 Å². The third-order valence-electron chi connectivity index (χ3n) is 5.83. The van der Waals surface area contributed by atoms with Gasteiger partial charge in [0.15, 0.2) is 0 Å². The summed E-state index contributed by atoms with van der Waals surface area (Å²) in [5.74, 6) is -6.86. The third kappa shape index (κ3) is 7.35. The number of hydrogen-bond donors (Lipinski definition) is 2. The first-order valence-electron chi connectivity index (χ1n) is 11.0. The van der Waals surface area contributed by atoms with E-state index in [9.17, 15) is 44.7 Å². The minimum atomic E-state index is -5.28. The van der Waals surface area contributed by atoms with Crippen LogP contribution in [0.3, 0.4) is 0 Å². The van der Waals surface area contributed by atoms with Gasteiger partial charge in [0.2, 0.25) is 5.91 Å². The normalized spacial score (nSPS) is 16.1. The van der Waals surface area contributed by atoms with Gasteiger partial charge in [0, 0.05) is 5.56 Å². The van der Waals surface area contributed by atoms with Gasteiger partial charge in [-0.2, -0.15) is 26.3 Å². The summed E-state index contributed by atoms with van der Waals surface area (Å²) in [6.45, 7) is -1.04. The van der Waals surface area contributed by atoms with Crippen molar-refractivity contribution in [3.05, 3.63) is 73.7 Å². The lowest BCUT2D eigenvalue weighted by Crippen LogP contribution is -2.50. The van der Waals surface area contributed by atoms with Crippen molar-refractivity contribution < 1.29 is 49.1 Å². The minimum absolute atomic E-state index is 0.0116. The summed E-state index contributed by atoms with van der Waals surface area (Å²) in [7, 11) is 0. The monoisotopic (exact) mass is 640 g/mol. The van der Waals surface area contributed by atoms with Crippen LogP contribution >= 0.6 is 34.8 Å². The lowest BCUT2D eigenvalue weighted by atomic mass is 9.95. The van der Waals surface area contributed by atoms with E-state index < -0.39 is 76.7 Å². The molecule has 1 aliphatic rings. The zero-order chi connectivity index (χ0) is 30.2. The van der Waals surface area contributed by atoms with Crippen molar-refractivity contribution in [2.24, 2.45) is 0 Å². The molecule has 0 radical (unpaired) electrons. The van der Waals surface area contributed by atoms with E-state index in [0.717, 1.165) is 12.1 Å². The molecule has 16 heteroatoms. The first kappa shape index (κ1) is 31.9. The minimum Gasteiger partial charge on any atom is -0.348 e. The van der Waals surface area contributed by atoms with Crippen LogP contribution in [0.4, 0.5) is 39.5 Å². The molecule has 3 rings (SSSR count). The number of hydrogen-bond acceptors (Lipinski definition) is 2. The number of amides is 2. The van der Waals surface area contributed by atoms with E-state index in [1.54, 1.807) is 0 Å². The predicted octanol–water partition coefficient (Wildman–Crippen LogP) is 7.97.